The molecule has 1 atom stereocenters. The van der Waals surface area contributed by atoms with Crippen LogP contribution in [0.25, 0.3) is 6.08 Å². The molecule has 1 aromatic carbocycles. The smallest absolute Gasteiger partial charge is 0.330 e. The van der Waals surface area contributed by atoms with Crippen LogP contribution in [0.3, 0.4) is 0 Å². The van der Waals surface area contributed by atoms with Gasteiger partial charge in [0.2, 0.25) is 0 Å². The number of aromatic nitrogens is 1. The van der Waals surface area contributed by atoms with Gasteiger partial charge in [-0.3, -0.25) is 4.79 Å². The molecule has 0 unspecified atom stereocenters. The number of hydrogen-bond acceptors (Lipinski definition) is 7. The van der Waals surface area contributed by atoms with Crippen LogP contribution in [0.2, 0.25) is 0 Å². The average molecular weight is 493 g/mol. The van der Waals surface area contributed by atoms with E-state index < -0.39 is 33.8 Å². The molecule has 2 aromatic rings. The molecule has 0 aliphatic heterocycles. The van der Waals surface area contributed by atoms with Crippen LogP contribution in [0.1, 0.15) is 37.8 Å². The maximum Gasteiger partial charge on any atom is 0.330 e. The lowest BCUT2D eigenvalue weighted by molar-refractivity contribution is -0.147. The molecule has 0 aliphatic carbocycles. The van der Waals surface area contributed by atoms with Crippen molar-refractivity contribution in [2.45, 2.75) is 44.2 Å². The third kappa shape index (κ3) is 7.46. The Labute approximate surface area is 199 Å². The van der Waals surface area contributed by atoms with E-state index in [1.807, 2.05) is 6.92 Å². The summed E-state index contributed by atoms with van der Waals surface area (Å²) < 4.78 is 51.2. The number of nitrogens with zero attached hydrogens (tertiary/aromatic N) is 2. The normalized spacial score (nSPS) is 12.6. The van der Waals surface area contributed by atoms with Gasteiger partial charge in [0, 0.05) is 25.7 Å². The molecule has 8 nitrogen and oxygen atoms in total. The molecule has 0 bridgehead atoms. The summed E-state index contributed by atoms with van der Waals surface area (Å²) >= 11 is 0. The minimum absolute atomic E-state index is 0.0482. The van der Waals surface area contributed by atoms with Gasteiger partial charge in [0.25, 0.3) is 10.0 Å². The lowest BCUT2D eigenvalue weighted by Crippen LogP contribution is -2.45. The van der Waals surface area contributed by atoms with Gasteiger partial charge >= 0.3 is 11.9 Å². The van der Waals surface area contributed by atoms with Gasteiger partial charge < -0.3 is 9.47 Å². The van der Waals surface area contributed by atoms with Crippen molar-refractivity contribution in [1.29, 1.82) is 0 Å². The summed E-state index contributed by atoms with van der Waals surface area (Å²) in [6.45, 7) is 3.90. The van der Waals surface area contributed by atoms with Crippen LogP contribution >= 0.6 is 0 Å². The van der Waals surface area contributed by atoms with Crippen LogP contribution in [-0.2, 0) is 35.5 Å². The van der Waals surface area contributed by atoms with E-state index >= 15 is 0 Å². The van der Waals surface area contributed by atoms with E-state index in [0.29, 0.717) is 11.1 Å². The molecule has 34 heavy (non-hydrogen) atoms. The standard InChI is InChI=1S/C24H29FN2O6S/c1-4-6-15-33-23(28)13-11-18-16-20(25)12-10-19(18)17-21(24(29)32-5-2)27(3)34(30,31)22-9-7-8-14-26-22/h7-14,16,21H,4-6,15,17H2,1-3H3/b13-11+/t21-/m0/s1. The molecule has 10 heteroatoms. The second-order valence-electron chi connectivity index (χ2n) is 7.36. The zero-order valence-corrected chi connectivity index (χ0v) is 20.3. The highest BCUT2D eigenvalue weighted by molar-refractivity contribution is 7.89. The second-order valence-corrected chi connectivity index (χ2v) is 9.30. The number of likely N-dealkylation sites (N-methyl/N-ethyl adjacent to an activating group) is 1. The largest absolute Gasteiger partial charge is 0.465 e. The summed E-state index contributed by atoms with van der Waals surface area (Å²) in [4.78, 5) is 28.6. The molecule has 0 N–H and O–H groups in total. The van der Waals surface area contributed by atoms with Crippen molar-refractivity contribution in [2.75, 3.05) is 20.3 Å². The minimum atomic E-state index is -4.13. The predicted molar refractivity (Wildman–Crippen MR) is 125 cm³/mol. The molecule has 0 amide bonds. The summed E-state index contributed by atoms with van der Waals surface area (Å²) in [5.74, 6) is -1.90. The Morgan fingerprint density at radius 2 is 1.94 bits per heavy atom. The van der Waals surface area contributed by atoms with Gasteiger partial charge in [0.05, 0.1) is 13.2 Å². The van der Waals surface area contributed by atoms with Crippen molar-refractivity contribution in [1.82, 2.24) is 9.29 Å². The predicted octanol–water partition coefficient (Wildman–Crippen LogP) is 3.37. The molecule has 2 rings (SSSR count). The topological polar surface area (TPSA) is 103 Å². The van der Waals surface area contributed by atoms with Gasteiger partial charge in [-0.05, 0) is 54.8 Å². The van der Waals surface area contributed by atoms with Crippen molar-refractivity contribution in [2.24, 2.45) is 0 Å². The van der Waals surface area contributed by atoms with Gasteiger partial charge in [-0.2, -0.15) is 4.31 Å². The monoisotopic (exact) mass is 492 g/mol. The number of esters is 2. The quantitative estimate of drug-likeness (QED) is 0.254. The number of halogens is 1. The molecule has 184 valence electrons. The Kier molecular flexibility index (Phi) is 10.3. The van der Waals surface area contributed by atoms with Crippen LogP contribution < -0.4 is 0 Å². The van der Waals surface area contributed by atoms with Gasteiger partial charge in [-0.15, -0.1) is 0 Å². The number of unbranched alkanes of at least 4 members (excludes halogenated alkanes) is 1. The van der Waals surface area contributed by atoms with E-state index in [0.717, 1.165) is 17.1 Å². The molecule has 1 aromatic heterocycles. The Morgan fingerprint density at radius 1 is 1.18 bits per heavy atom. The van der Waals surface area contributed by atoms with E-state index in [-0.39, 0.29) is 24.7 Å². The molecule has 0 saturated heterocycles. The molecule has 1 heterocycles. The number of carbonyl (C=O) groups is 2. The number of carbonyl (C=O) groups excluding carboxylic acids is 2. The molecule has 0 saturated carbocycles. The fourth-order valence-electron chi connectivity index (χ4n) is 3.05. The molecule has 0 spiro atoms. The highest BCUT2D eigenvalue weighted by atomic mass is 32.2. The number of sulfonamides is 1. The van der Waals surface area contributed by atoms with E-state index in [9.17, 15) is 22.4 Å². The number of hydrogen-bond donors (Lipinski definition) is 0. The van der Waals surface area contributed by atoms with Crippen molar-refractivity contribution >= 4 is 28.0 Å². The maximum atomic E-state index is 13.9. The fourth-order valence-corrected chi connectivity index (χ4v) is 4.29. The Balaban J connectivity index is 2.37. The summed E-state index contributed by atoms with van der Waals surface area (Å²) in [5, 5.41) is -0.221. The molecule has 0 radical (unpaired) electrons. The SMILES string of the molecule is CCCCOC(=O)/C=C/c1cc(F)ccc1C[C@@H](C(=O)OCC)N(C)S(=O)(=O)c1ccccn1. The maximum absolute atomic E-state index is 13.9. The third-order valence-electron chi connectivity index (χ3n) is 4.94. The highest BCUT2D eigenvalue weighted by Gasteiger charge is 2.35. The van der Waals surface area contributed by atoms with Crippen LogP contribution in [0.4, 0.5) is 4.39 Å². The molecular weight excluding hydrogens is 463 g/mol. The van der Waals surface area contributed by atoms with E-state index in [4.69, 9.17) is 9.47 Å². The average Bonchev–Trinajstić information content (AvgIpc) is 2.82. The van der Waals surface area contributed by atoms with Crippen molar-refractivity contribution < 1.29 is 31.9 Å². The molecule has 0 aliphatic rings. The summed E-state index contributed by atoms with van der Waals surface area (Å²) in [6, 6.07) is 7.00. The minimum Gasteiger partial charge on any atom is -0.465 e. The summed E-state index contributed by atoms with van der Waals surface area (Å²) in [7, 11) is -2.87. The zero-order chi connectivity index (χ0) is 25.1. The van der Waals surface area contributed by atoms with Crippen molar-refractivity contribution in [3.63, 3.8) is 0 Å². The number of ether oxygens (including phenoxy) is 2. The third-order valence-corrected chi connectivity index (χ3v) is 6.72. The highest BCUT2D eigenvalue weighted by Crippen LogP contribution is 2.22. The number of benzene rings is 1. The van der Waals surface area contributed by atoms with Crippen molar-refractivity contribution in [3.8, 4) is 0 Å². The first kappa shape index (κ1) is 27.1. The number of rotatable bonds is 12. The lowest BCUT2D eigenvalue weighted by Gasteiger charge is -2.26. The first-order valence-corrected chi connectivity index (χ1v) is 12.3. The van der Waals surface area contributed by atoms with Crippen molar-refractivity contribution in [3.05, 3.63) is 65.6 Å². The zero-order valence-electron chi connectivity index (χ0n) is 19.4. The second kappa shape index (κ2) is 13.0. The van der Waals surface area contributed by atoms with Gasteiger partial charge in [0.15, 0.2) is 5.03 Å². The van der Waals surface area contributed by atoms with E-state index in [1.54, 1.807) is 13.0 Å². The van der Waals surface area contributed by atoms with Gasteiger partial charge in [0.1, 0.15) is 11.9 Å². The van der Waals surface area contributed by atoms with E-state index in [1.165, 1.54) is 55.7 Å². The Morgan fingerprint density at radius 3 is 2.59 bits per heavy atom. The first-order valence-electron chi connectivity index (χ1n) is 10.9. The van der Waals surface area contributed by atoms with Crippen LogP contribution in [0.5, 0.6) is 0 Å². The van der Waals surface area contributed by atoms with Crippen LogP contribution in [-0.4, -0.2) is 55.9 Å². The van der Waals surface area contributed by atoms with Crippen LogP contribution in [0.15, 0.2) is 53.7 Å². The molecule has 0 fully saturated rings. The summed E-state index contributed by atoms with van der Waals surface area (Å²) in [5.41, 5.74) is 0.755. The summed E-state index contributed by atoms with van der Waals surface area (Å²) in [6.07, 6.45) is 5.36. The Bertz CT molecular complexity index is 1110. The fraction of sp³-hybridized carbons (Fsp3) is 0.375. The first-order chi connectivity index (χ1) is 16.2. The molecular formula is C24H29FN2O6S. The lowest BCUT2D eigenvalue weighted by atomic mass is 9.99. The van der Waals surface area contributed by atoms with Gasteiger partial charge in [-0.25, -0.2) is 22.6 Å². The van der Waals surface area contributed by atoms with Gasteiger partial charge in [-0.1, -0.05) is 25.5 Å². The Hall–Kier alpha value is -3.11. The number of pyridine rings is 1. The van der Waals surface area contributed by atoms with Crippen LogP contribution in [0, 0.1) is 5.82 Å². The van der Waals surface area contributed by atoms with E-state index in [2.05, 4.69) is 4.98 Å².